The van der Waals surface area contributed by atoms with Crippen LogP contribution in [0.2, 0.25) is 0 Å². The summed E-state index contributed by atoms with van der Waals surface area (Å²) in [5, 5.41) is 12.9. The van der Waals surface area contributed by atoms with Gasteiger partial charge in [-0.15, -0.1) is 0 Å². The zero-order valence-corrected chi connectivity index (χ0v) is 12.2. The lowest BCUT2D eigenvalue weighted by Crippen LogP contribution is -2.37. The molecule has 1 aromatic rings. The Labute approximate surface area is 119 Å². The summed E-state index contributed by atoms with van der Waals surface area (Å²) in [6.45, 7) is 3.46. The zero-order chi connectivity index (χ0) is 14.7. The number of hydrogen-bond donors (Lipinski definition) is 2. The summed E-state index contributed by atoms with van der Waals surface area (Å²) in [7, 11) is 3.33. The van der Waals surface area contributed by atoms with Gasteiger partial charge in [-0.2, -0.15) is 0 Å². The predicted molar refractivity (Wildman–Crippen MR) is 76.7 cm³/mol. The lowest BCUT2D eigenvalue weighted by Gasteiger charge is -2.23. The number of carbonyl (C=O) groups is 1. The molecular formula is C15H22N2O3. The fourth-order valence-electron chi connectivity index (χ4n) is 2.65. The minimum absolute atomic E-state index is 0.0546. The minimum atomic E-state index is 0.0546. The Hall–Kier alpha value is -1.75. The summed E-state index contributed by atoms with van der Waals surface area (Å²) in [6, 6.07) is 5.39. The van der Waals surface area contributed by atoms with Crippen LogP contribution in [0.15, 0.2) is 18.2 Å². The molecule has 0 radical (unpaired) electrons. The van der Waals surface area contributed by atoms with Gasteiger partial charge in [0.2, 0.25) is 5.91 Å². The molecule has 1 aromatic carbocycles. The van der Waals surface area contributed by atoms with E-state index in [1.807, 2.05) is 14.0 Å². The van der Waals surface area contributed by atoms with Crippen LogP contribution in [0.4, 0.5) is 0 Å². The third kappa shape index (κ3) is 3.04. The van der Waals surface area contributed by atoms with Crippen LogP contribution in [0.25, 0.3) is 0 Å². The molecule has 0 bridgehead atoms. The maximum Gasteiger partial charge on any atom is 0.227 e. The molecule has 2 rings (SSSR count). The second-order valence-electron chi connectivity index (χ2n) is 5.34. The molecule has 5 heteroatoms. The van der Waals surface area contributed by atoms with Crippen molar-refractivity contribution in [2.75, 3.05) is 20.7 Å². The second kappa shape index (κ2) is 6.13. The van der Waals surface area contributed by atoms with E-state index in [1.54, 1.807) is 23.1 Å². The van der Waals surface area contributed by atoms with Crippen LogP contribution in [0.5, 0.6) is 11.5 Å². The standard InChI is InChI=1S/C15H22N2O3/c1-10-12(6-7-16-10)15(19)17(2)9-11-4-5-13(18)14(8-11)20-3/h4-5,8,10,12,16,18H,6-7,9H2,1-3H3. The van der Waals surface area contributed by atoms with Crippen molar-refractivity contribution in [2.24, 2.45) is 5.92 Å². The highest BCUT2D eigenvalue weighted by Gasteiger charge is 2.31. The average Bonchev–Trinajstić information content (AvgIpc) is 2.86. The number of ether oxygens (including phenoxy) is 1. The Morgan fingerprint density at radius 3 is 2.90 bits per heavy atom. The summed E-state index contributed by atoms with van der Waals surface area (Å²) in [5.41, 5.74) is 0.939. The van der Waals surface area contributed by atoms with E-state index < -0.39 is 0 Å². The van der Waals surface area contributed by atoms with Crippen molar-refractivity contribution in [3.63, 3.8) is 0 Å². The zero-order valence-electron chi connectivity index (χ0n) is 12.2. The Morgan fingerprint density at radius 1 is 1.55 bits per heavy atom. The Kier molecular flexibility index (Phi) is 4.49. The largest absolute Gasteiger partial charge is 0.504 e. The Bertz CT molecular complexity index is 490. The van der Waals surface area contributed by atoms with Gasteiger partial charge in [-0.1, -0.05) is 6.07 Å². The van der Waals surface area contributed by atoms with Crippen LogP contribution in [0.1, 0.15) is 18.9 Å². The number of rotatable bonds is 4. The van der Waals surface area contributed by atoms with Gasteiger partial charge < -0.3 is 20.1 Å². The lowest BCUT2D eigenvalue weighted by molar-refractivity contribution is -0.134. The first kappa shape index (κ1) is 14.7. The number of methoxy groups -OCH3 is 1. The normalized spacial score (nSPS) is 21.8. The number of phenolic OH excluding ortho intramolecular Hbond substituents is 1. The van der Waals surface area contributed by atoms with Gasteiger partial charge in [-0.05, 0) is 37.6 Å². The molecule has 2 atom stereocenters. The molecule has 0 spiro atoms. The number of amides is 1. The molecule has 1 heterocycles. The highest BCUT2D eigenvalue weighted by atomic mass is 16.5. The molecule has 0 aliphatic carbocycles. The molecule has 2 unspecified atom stereocenters. The number of benzene rings is 1. The van der Waals surface area contributed by atoms with E-state index in [4.69, 9.17) is 4.74 Å². The van der Waals surface area contributed by atoms with Gasteiger partial charge in [0.05, 0.1) is 13.0 Å². The van der Waals surface area contributed by atoms with Gasteiger partial charge in [0.25, 0.3) is 0 Å². The van der Waals surface area contributed by atoms with E-state index in [0.29, 0.717) is 12.3 Å². The monoisotopic (exact) mass is 278 g/mol. The lowest BCUT2D eigenvalue weighted by atomic mass is 10.0. The summed E-state index contributed by atoms with van der Waals surface area (Å²) in [6.07, 6.45) is 0.892. The molecule has 1 amide bonds. The minimum Gasteiger partial charge on any atom is -0.504 e. The van der Waals surface area contributed by atoms with Crippen molar-refractivity contribution in [1.29, 1.82) is 0 Å². The molecule has 5 nitrogen and oxygen atoms in total. The molecule has 0 saturated carbocycles. The van der Waals surface area contributed by atoms with Crippen LogP contribution in [-0.4, -0.2) is 42.7 Å². The Morgan fingerprint density at radius 2 is 2.30 bits per heavy atom. The van der Waals surface area contributed by atoms with Gasteiger partial charge >= 0.3 is 0 Å². The van der Waals surface area contributed by atoms with Crippen molar-refractivity contribution in [3.8, 4) is 11.5 Å². The molecule has 20 heavy (non-hydrogen) atoms. The van der Waals surface area contributed by atoms with E-state index in [0.717, 1.165) is 18.5 Å². The van der Waals surface area contributed by atoms with E-state index in [2.05, 4.69) is 5.32 Å². The van der Waals surface area contributed by atoms with Crippen LogP contribution >= 0.6 is 0 Å². The first-order chi connectivity index (χ1) is 9.52. The molecule has 1 aliphatic heterocycles. The second-order valence-corrected chi connectivity index (χ2v) is 5.34. The molecule has 110 valence electrons. The van der Waals surface area contributed by atoms with Crippen molar-refractivity contribution in [3.05, 3.63) is 23.8 Å². The topological polar surface area (TPSA) is 61.8 Å². The summed E-state index contributed by atoms with van der Waals surface area (Å²) in [4.78, 5) is 14.1. The number of aromatic hydroxyl groups is 1. The fourth-order valence-corrected chi connectivity index (χ4v) is 2.65. The maximum atomic E-state index is 12.4. The van der Waals surface area contributed by atoms with E-state index >= 15 is 0 Å². The number of hydrogen-bond acceptors (Lipinski definition) is 4. The summed E-state index contributed by atoms with van der Waals surface area (Å²) >= 11 is 0. The third-order valence-electron chi connectivity index (χ3n) is 3.88. The molecule has 1 fully saturated rings. The average molecular weight is 278 g/mol. The molecule has 1 aliphatic rings. The van der Waals surface area contributed by atoms with Crippen LogP contribution in [0.3, 0.4) is 0 Å². The van der Waals surface area contributed by atoms with Crippen molar-refractivity contribution < 1.29 is 14.6 Å². The van der Waals surface area contributed by atoms with Crippen LogP contribution in [0, 0.1) is 5.92 Å². The molecular weight excluding hydrogens is 256 g/mol. The SMILES string of the molecule is COc1cc(CN(C)C(=O)C2CCNC2C)ccc1O. The predicted octanol–water partition coefficient (Wildman–Crippen LogP) is 1.36. The first-order valence-electron chi connectivity index (χ1n) is 6.87. The molecule has 2 N–H and O–H groups in total. The molecule has 0 aromatic heterocycles. The van der Waals surface area contributed by atoms with Crippen LogP contribution < -0.4 is 10.1 Å². The molecule has 1 saturated heterocycles. The number of nitrogens with zero attached hydrogens (tertiary/aromatic N) is 1. The fraction of sp³-hybridized carbons (Fsp3) is 0.533. The van der Waals surface area contributed by atoms with E-state index in [1.165, 1.54) is 7.11 Å². The van der Waals surface area contributed by atoms with Gasteiger partial charge in [0, 0.05) is 19.6 Å². The Balaban J connectivity index is 2.03. The van der Waals surface area contributed by atoms with Gasteiger partial charge in [-0.25, -0.2) is 0 Å². The third-order valence-corrected chi connectivity index (χ3v) is 3.88. The van der Waals surface area contributed by atoms with Gasteiger partial charge in [0.15, 0.2) is 11.5 Å². The van der Waals surface area contributed by atoms with Gasteiger partial charge in [-0.3, -0.25) is 4.79 Å². The number of nitrogens with one attached hydrogen (secondary N) is 1. The quantitative estimate of drug-likeness (QED) is 0.873. The highest BCUT2D eigenvalue weighted by molar-refractivity contribution is 5.79. The highest BCUT2D eigenvalue weighted by Crippen LogP contribution is 2.27. The number of carbonyl (C=O) groups excluding carboxylic acids is 1. The summed E-state index contributed by atoms with van der Waals surface area (Å²) < 4.78 is 5.08. The van der Waals surface area contributed by atoms with Gasteiger partial charge in [0.1, 0.15) is 0 Å². The number of phenols is 1. The van der Waals surface area contributed by atoms with Crippen LogP contribution in [-0.2, 0) is 11.3 Å². The maximum absolute atomic E-state index is 12.4. The van der Waals surface area contributed by atoms with Crippen molar-refractivity contribution in [1.82, 2.24) is 10.2 Å². The van der Waals surface area contributed by atoms with E-state index in [-0.39, 0.29) is 23.6 Å². The smallest absolute Gasteiger partial charge is 0.227 e. The van der Waals surface area contributed by atoms with Crippen molar-refractivity contribution >= 4 is 5.91 Å². The van der Waals surface area contributed by atoms with Crippen molar-refractivity contribution in [2.45, 2.75) is 25.9 Å². The first-order valence-corrected chi connectivity index (χ1v) is 6.87. The van der Waals surface area contributed by atoms with E-state index in [9.17, 15) is 9.90 Å². The summed E-state index contributed by atoms with van der Waals surface area (Å²) in [5.74, 6) is 0.756.